The maximum Gasteiger partial charge on any atom is 0.307 e. The fourth-order valence-corrected chi connectivity index (χ4v) is 1.94. The van der Waals surface area contributed by atoms with Crippen LogP contribution >= 0.6 is 15.9 Å². The zero-order valence-electron chi connectivity index (χ0n) is 11.4. The molecule has 19 heavy (non-hydrogen) atoms. The van der Waals surface area contributed by atoms with E-state index < -0.39 is 0 Å². The SMILES string of the molecule is CCN(CCC(=O)OC)C(=O)c1ccc(Br)c(C)c1. The number of nitrogens with zero attached hydrogens (tertiary/aromatic N) is 1. The normalized spacial score (nSPS) is 10.1. The number of hydrogen-bond acceptors (Lipinski definition) is 3. The molecule has 0 saturated heterocycles. The fourth-order valence-electron chi connectivity index (χ4n) is 1.69. The van der Waals surface area contributed by atoms with Gasteiger partial charge in [0.2, 0.25) is 0 Å². The van der Waals surface area contributed by atoms with Crippen LogP contribution in [0, 0.1) is 6.92 Å². The molecule has 0 radical (unpaired) electrons. The van der Waals surface area contributed by atoms with E-state index in [4.69, 9.17) is 0 Å². The molecule has 1 aromatic carbocycles. The van der Waals surface area contributed by atoms with Crippen molar-refractivity contribution in [1.29, 1.82) is 0 Å². The largest absolute Gasteiger partial charge is 0.469 e. The number of halogens is 1. The Bertz CT molecular complexity index is 474. The Hall–Kier alpha value is -1.36. The predicted octanol–water partition coefficient (Wildman–Crippen LogP) is 2.78. The highest BCUT2D eigenvalue weighted by Crippen LogP contribution is 2.18. The molecule has 1 amide bonds. The molecule has 0 bridgehead atoms. The standard InChI is InChI=1S/C14H18BrNO3/c1-4-16(8-7-13(17)19-3)14(18)11-5-6-12(15)10(2)9-11/h5-6,9H,4,7-8H2,1-3H3. The van der Waals surface area contributed by atoms with Crippen molar-refractivity contribution < 1.29 is 14.3 Å². The average Bonchev–Trinajstić information content (AvgIpc) is 2.41. The van der Waals surface area contributed by atoms with E-state index in [9.17, 15) is 9.59 Å². The number of carbonyl (C=O) groups is 2. The highest BCUT2D eigenvalue weighted by molar-refractivity contribution is 9.10. The molecule has 0 unspecified atom stereocenters. The number of methoxy groups -OCH3 is 1. The summed E-state index contributed by atoms with van der Waals surface area (Å²) >= 11 is 3.41. The Kier molecular flexibility index (Phi) is 6.02. The maximum atomic E-state index is 12.3. The minimum absolute atomic E-state index is 0.0676. The molecule has 0 aliphatic heterocycles. The Balaban J connectivity index is 2.77. The lowest BCUT2D eigenvalue weighted by Gasteiger charge is -2.20. The molecule has 0 N–H and O–H groups in total. The van der Waals surface area contributed by atoms with E-state index in [1.165, 1.54) is 7.11 Å². The van der Waals surface area contributed by atoms with Gasteiger partial charge in [-0.2, -0.15) is 0 Å². The van der Waals surface area contributed by atoms with Gasteiger partial charge in [-0.15, -0.1) is 0 Å². The molecule has 104 valence electrons. The first-order chi connectivity index (χ1) is 8.99. The van der Waals surface area contributed by atoms with Gasteiger partial charge in [-0.25, -0.2) is 0 Å². The number of esters is 1. The second-order valence-electron chi connectivity index (χ2n) is 4.17. The summed E-state index contributed by atoms with van der Waals surface area (Å²) in [6, 6.07) is 5.48. The van der Waals surface area contributed by atoms with Crippen molar-refractivity contribution in [1.82, 2.24) is 4.90 Å². The lowest BCUT2D eigenvalue weighted by Crippen LogP contribution is -2.33. The minimum Gasteiger partial charge on any atom is -0.469 e. The van der Waals surface area contributed by atoms with Gasteiger partial charge in [-0.3, -0.25) is 9.59 Å². The highest BCUT2D eigenvalue weighted by Gasteiger charge is 2.16. The van der Waals surface area contributed by atoms with Crippen LogP contribution in [-0.4, -0.2) is 37.0 Å². The molecule has 0 spiro atoms. The summed E-state index contributed by atoms with van der Waals surface area (Å²) in [5, 5.41) is 0. The Morgan fingerprint density at radius 1 is 1.37 bits per heavy atom. The Morgan fingerprint density at radius 3 is 2.58 bits per heavy atom. The van der Waals surface area contributed by atoms with Crippen LogP contribution in [0.1, 0.15) is 29.3 Å². The predicted molar refractivity (Wildman–Crippen MR) is 77.1 cm³/mol. The first-order valence-corrected chi connectivity index (χ1v) is 6.91. The average molecular weight is 328 g/mol. The van der Waals surface area contributed by atoms with Gasteiger partial charge in [0.05, 0.1) is 13.5 Å². The Morgan fingerprint density at radius 2 is 2.05 bits per heavy atom. The molecule has 0 atom stereocenters. The van der Waals surface area contributed by atoms with Crippen molar-refractivity contribution in [2.24, 2.45) is 0 Å². The number of carbonyl (C=O) groups excluding carboxylic acids is 2. The summed E-state index contributed by atoms with van der Waals surface area (Å²) in [5.74, 6) is -0.375. The van der Waals surface area contributed by atoms with Gasteiger partial charge >= 0.3 is 5.97 Å². The lowest BCUT2D eigenvalue weighted by molar-refractivity contribution is -0.140. The molecule has 0 aliphatic rings. The number of ether oxygens (including phenoxy) is 1. The van der Waals surface area contributed by atoms with Crippen LogP contribution in [0.3, 0.4) is 0 Å². The summed E-state index contributed by atoms with van der Waals surface area (Å²) in [6.45, 7) is 4.76. The minimum atomic E-state index is -0.307. The lowest BCUT2D eigenvalue weighted by atomic mass is 10.1. The third-order valence-electron chi connectivity index (χ3n) is 2.89. The molecule has 0 fully saturated rings. The van der Waals surface area contributed by atoms with Gasteiger partial charge in [-0.05, 0) is 37.6 Å². The molecular formula is C14H18BrNO3. The number of aryl methyl sites for hydroxylation is 1. The first kappa shape index (κ1) is 15.7. The molecule has 1 aromatic rings. The topological polar surface area (TPSA) is 46.6 Å². The zero-order valence-corrected chi connectivity index (χ0v) is 13.0. The van der Waals surface area contributed by atoms with Crippen LogP contribution in [0.15, 0.2) is 22.7 Å². The molecule has 0 saturated carbocycles. The van der Waals surface area contributed by atoms with E-state index in [-0.39, 0.29) is 18.3 Å². The van der Waals surface area contributed by atoms with Crippen molar-refractivity contribution in [3.63, 3.8) is 0 Å². The van der Waals surface area contributed by atoms with E-state index in [0.717, 1.165) is 10.0 Å². The van der Waals surface area contributed by atoms with Crippen LogP contribution in [0.5, 0.6) is 0 Å². The second kappa shape index (κ2) is 7.28. The van der Waals surface area contributed by atoms with Crippen LogP contribution < -0.4 is 0 Å². The summed E-state index contributed by atoms with van der Waals surface area (Å²) in [6.07, 6.45) is 0.214. The van der Waals surface area contributed by atoms with Crippen LogP contribution in [0.4, 0.5) is 0 Å². The van der Waals surface area contributed by atoms with Crippen molar-refractivity contribution in [2.45, 2.75) is 20.3 Å². The molecule has 0 heterocycles. The van der Waals surface area contributed by atoms with Crippen molar-refractivity contribution >= 4 is 27.8 Å². The Labute approximate surface area is 121 Å². The monoisotopic (exact) mass is 327 g/mol. The molecular weight excluding hydrogens is 310 g/mol. The van der Waals surface area contributed by atoms with Gasteiger partial charge in [-0.1, -0.05) is 15.9 Å². The highest BCUT2D eigenvalue weighted by atomic mass is 79.9. The number of amides is 1. The van der Waals surface area contributed by atoms with E-state index in [2.05, 4.69) is 20.7 Å². The summed E-state index contributed by atoms with van der Waals surface area (Å²) in [4.78, 5) is 25.1. The molecule has 1 rings (SSSR count). The van der Waals surface area contributed by atoms with Gasteiger partial charge in [0, 0.05) is 23.1 Å². The van der Waals surface area contributed by atoms with Gasteiger partial charge in [0.1, 0.15) is 0 Å². The zero-order chi connectivity index (χ0) is 14.4. The molecule has 4 nitrogen and oxygen atoms in total. The first-order valence-electron chi connectivity index (χ1n) is 6.11. The quantitative estimate of drug-likeness (QED) is 0.781. The summed E-state index contributed by atoms with van der Waals surface area (Å²) < 4.78 is 5.56. The smallest absolute Gasteiger partial charge is 0.307 e. The van der Waals surface area contributed by atoms with E-state index in [0.29, 0.717) is 18.7 Å². The summed E-state index contributed by atoms with van der Waals surface area (Å²) in [7, 11) is 1.35. The number of benzene rings is 1. The van der Waals surface area contributed by atoms with Crippen molar-refractivity contribution in [2.75, 3.05) is 20.2 Å². The second-order valence-corrected chi connectivity index (χ2v) is 5.03. The summed E-state index contributed by atoms with van der Waals surface area (Å²) in [5.41, 5.74) is 1.64. The molecule has 0 aromatic heterocycles. The van der Waals surface area contributed by atoms with Gasteiger partial charge in [0.15, 0.2) is 0 Å². The van der Waals surface area contributed by atoms with Gasteiger partial charge in [0.25, 0.3) is 5.91 Å². The van der Waals surface area contributed by atoms with Crippen molar-refractivity contribution in [3.8, 4) is 0 Å². The van der Waals surface area contributed by atoms with Crippen LogP contribution in [0.25, 0.3) is 0 Å². The van der Waals surface area contributed by atoms with E-state index in [1.807, 2.05) is 26.0 Å². The van der Waals surface area contributed by atoms with E-state index in [1.54, 1.807) is 11.0 Å². The maximum absolute atomic E-state index is 12.3. The fraction of sp³-hybridized carbons (Fsp3) is 0.429. The molecule has 5 heteroatoms. The van der Waals surface area contributed by atoms with E-state index >= 15 is 0 Å². The number of rotatable bonds is 5. The van der Waals surface area contributed by atoms with Crippen molar-refractivity contribution in [3.05, 3.63) is 33.8 Å². The third-order valence-corrected chi connectivity index (χ3v) is 3.78. The van der Waals surface area contributed by atoms with Crippen LogP contribution in [-0.2, 0) is 9.53 Å². The third kappa shape index (κ3) is 4.35. The van der Waals surface area contributed by atoms with Gasteiger partial charge < -0.3 is 9.64 Å². The van der Waals surface area contributed by atoms with Crippen LogP contribution in [0.2, 0.25) is 0 Å². The number of hydrogen-bond donors (Lipinski definition) is 0. The molecule has 0 aliphatic carbocycles.